The first kappa shape index (κ1) is 16.5. The molecule has 0 N–H and O–H groups in total. The van der Waals surface area contributed by atoms with E-state index in [2.05, 4.69) is 55.7 Å². The highest BCUT2D eigenvalue weighted by atomic mass is 32.1. The summed E-state index contributed by atoms with van der Waals surface area (Å²) in [5, 5.41) is 4.39. The van der Waals surface area contributed by atoms with Crippen LogP contribution in [0.1, 0.15) is 24.1 Å². The van der Waals surface area contributed by atoms with Crippen molar-refractivity contribution in [2.75, 3.05) is 13.2 Å². The van der Waals surface area contributed by atoms with E-state index in [0.717, 1.165) is 31.9 Å². The first-order chi connectivity index (χ1) is 12.4. The van der Waals surface area contributed by atoms with E-state index in [-0.39, 0.29) is 0 Å². The Kier molecular flexibility index (Phi) is 5.25. The SMILES string of the molecule is c1cncc(-n2cccc2CN(Cc2ccsc2)C[C@H]2CCCO2)c1. The third kappa shape index (κ3) is 4.18. The lowest BCUT2D eigenvalue weighted by Crippen LogP contribution is -2.32. The van der Waals surface area contributed by atoms with Gasteiger partial charge in [0.2, 0.25) is 0 Å². The number of thiophene rings is 1. The molecule has 0 saturated carbocycles. The summed E-state index contributed by atoms with van der Waals surface area (Å²) in [6.07, 6.45) is 8.55. The molecule has 4 heterocycles. The monoisotopic (exact) mass is 353 g/mol. The summed E-state index contributed by atoms with van der Waals surface area (Å²) in [4.78, 5) is 6.75. The smallest absolute Gasteiger partial charge is 0.0703 e. The third-order valence-corrected chi connectivity index (χ3v) is 5.35. The molecule has 3 aromatic heterocycles. The molecule has 1 aliphatic heterocycles. The van der Waals surface area contributed by atoms with Crippen molar-refractivity contribution in [2.24, 2.45) is 0 Å². The lowest BCUT2D eigenvalue weighted by molar-refractivity contribution is 0.0673. The van der Waals surface area contributed by atoms with Gasteiger partial charge in [0.25, 0.3) is 0 Å². The van der Waals surface area contributed by atoms with Gasteiger partial charge in [0.15, 0.2) is 0 Å². The van der Waals surface area contributed by atoms with Gasteiger partial charge in [-0.25, -0.2) is 0 Å². The summed E-state index contributed by atoms with van der Waals surface area (Å²) in [5.41, 5.74) is 3.76. The van der Waals surface area contributed by atoms with Gasteiger partial charge in [-0.3, -0.25) is 9.88 Å². The van der Waals surface area contributed by atoms with Crippen LogP contribution >= 0.6 is 11.3 Å². The van der Waals surface area contributed by atoms with E-state index >= 15 is 0 Å². The molecule has 4 nitrogen and oxygen atoms in total. The molecule has 3 aromatic rings. The molecule has 1 aliphatic rings. The van der Waals surface area contributed by atoms with Gasteiger partial charge >= 0.3 is 0 Å². The molecule has 25 heavy (non-hydrogen) atoms. The minimum absolute atomic E-state index is 0.362. The molecule has 1 atom stereocenters. The Bertz CT molecular complexity index is 763. The number of ether oxygens (including phenoxy) is 1. The van der Waals surface area contributed by atoms with Gasteiger partial charge in [-0.05, 0) is 59.5 Å². The summed E-state index contributed by atoms with van der Waals surface area (Å²) in [6, 6.07) is 10.6. The first-order valence-corrected chi connectivity index (χ1v) is 9.74. The number of rotatable bonds is 7. The van der Waals surface area contributed by atoms with Gasteiger partial charge in [0, 0.05) is 44.3 Å². The van der Waals surface area contributed by atoms with Crippen molar-refractivity contribution < 1.29 is 4.74 Å². The Morgan fingerprint density at radius 1 is 1.24 bits per heavy atom. The van der Waals surface area contributed by atoms with Gasteiger partial charge in [0.05, 0.1) is 18.0 Å². The van der Waals surface area contributed by atoms with Crippen LogP contribution in [0.2, 0.25) is 0 Å². The minimum atomic E-state index is 0.362. The average Bonchev–Trinajstić information content (AvgIpc) is 3.38. The van der Waals surface area contributed by atoms with Gasteiger partial charge in [-0.1, -0.05) is 0 Å². The normalized spacial score (nSPS) is 17.4. The van der Waals surface area contributed by atoms with Crippen LogP contribution in [0, 0.1) is 0 Å². The molecule has 130 valence electrons. The number of aromatic nitrogens is 2. The van der Waals surface area contributed by atoms with E-state index < -0.39 is 0 Å². The van der Waals surface area contributed by atoms with Crippen LogP contribution < -0.4 is 0 Å². The zero-order valence-electron chi connectivity index (χ0n) is 14.3. The molecule has 5 heteroatoms. The summed E-state index contributed by atoms with van der Waals surface area (Å²) >= 11 is 1.76. The first-order valence-electron chi connectivity index (χ1n) is 8.80. The molecule has 1 fully saturated rings. The molecule has 4 rings (SSSR count). The molecule has 0 radical (unpaired) electrons. The minimum Gasteiger partial charge on any atom is -0.377 e. The highest BCUT2D eigenvalue weighted by Crippen LogP contribution is 2.20. The predicted octanol–water partition coefficient (Wildman–Crippen LogP) is 4.12. The number of pyridine rings is 1. The Morgan fingerprint density at radius 3 is 3.00 bits per heavy atom. The van der Waals surface area contributed by atoms with Crippen molar-refractivity contribution in [1.29, 1.82) is 0 Å². The summed E-state index contributed by atoms with van der Waals surface area (Å²) in [7, 11) is 0. The fourth-order valence-electron chi connectivity index (χ4n) is 3.42. The van der Waals surface area contributed by atoms with Gasteiger partial charge in [-0.15, -0.1) is 0 Å². The van der Waals surface area contributed by atoms with E-state index in [0.29, 0.717) is 6.10 Å². The Balaban J connectivity index is 1.53. The quantitative estimate of drug-likeness (QED) is 0.640. The van der Waals surface area contributed by atoms with E-state index in [4.69, 9.17) is 4.74 Å². The van der Waals surface area contributed by atoms with E-state index in [1.54, 1.807) is 11.3 Å². The molecule has 0 bridgehead atoms. The zero-order chi connectivity index (χ0) is 16.9. The van der Waals surface area contributed by atoms with Crippen LogP contribution in [0.25, 0.3) is 5.69 Å². The van der Waals surface area contributed by atoms with E-state index in [9.17, 15) is 0 Å². The van der Waals surface area contributed by atoms with Crippen molar-refractivity contribution in [3.8, 4) is 5.69 Å². The zero-order valence-corrected chi connectivity index (χ0v) is 15.1. The molecule has 0 aromatic carbocycles. The fraction of sp³-hybridized carbons (Fsp3) is 0.350. The van der Waals surface area contributed by atoms with Crippen LogP contribution in [0.5, 0.6) is 0 Å². The highest BCUT2D eigenvalue weighted by molar-refractivity contribution is 7.07. The highest BCUT2D eigenvalue weighted by Gasteiger charge is 2.20. The third-order valence-electron chi connectivity index (χ3n) is 4.61. The summed E-state index contributed by atoms with van der Waals surface area (Å²) in [6.45, 7) is 3.75. The van der Waals surface area contributed by atoms with Crippen LogP contribution in [0.15, 0.2) is 59.7 Å². The van der Waals surface area contributed by atoms with Crippen LogP contribution in [0.4, 0.5) is 0 Å². The summed E-state index contributed by atoms with van der Waals surface area (Å²) < 4.78 is 8.11. The molecule has 0 amide bonds. The Hall–Kier alpha value is -1.95. The lowest BCUT2D eigenvalue weighted by Gasteiger charge is -2.25. The number of hydrogen-bond donors (Lipinski definition) is 0. The maximum absolute atomic E-state index is 5.88. The molecule has 1 saturated heterocycles. The van der Waals surface area contributed by atoms with Gasteiger partial charge < -0.3 is 9.30 Å². The second-order valence-electron chi connectivity index (χ2n) is 6.52. The van der Waals surface area contributed by atoms with E-state index in [1.165, 1.54) is 24.1 Å². The second-order valence-corrected chi connectivity index (χ2v) is 7.30. The van der Waals surface area contributed by atoms with Crippen molar-refractivity contribution >= 4 is 11.3 Å². The standard InChI is InChI=1S/C20H23N3OS/c1-4-18(12-21-8-1)23-9-2-5-19(23)14-22(13-17-7-11-25-16-17)15-20-6-3-10-24-20/h1-2,4-5,7-9,11-12,16,20H,3,6,10,13-15H2/t20-/m1/s1. The maximum atomic E-state index is 5.88. The fourth-order valence-corrected chi connectivity index (χ4v) is 4.08. The molecule has 0 spiro atoms. The topological polar surface area (TPSA) is 30.3 Å². The predicted molar refractivity (Wildman–Crippen MR) is 101 cm³/mol. The van der Waals surface area contributed by atoms with Crippen molar-refractivity contribution in [3.05, 3.63) is 70.9 Å². The largest absolute Gasteiger partial charge is 0.377 e. The number of nitrogens with zero attached hydrogens (tertiary/aromatic N) is 3. The van der Waals surface area contributed by atoms with E-state index in [1.807, 2.05) is 18.5 Å². The molecular formula is C20H23N3OS. The van der Waals surface area contributed by atoms with Crippen LogP contribution in [-0.4, -0.2) is 33.7 Å². The maximum Gasteiger partial charge on any atom is 0.0703 e. The molecule has 0 unspecified atom stereocenters. The van der Waals surface area contributed by atoms with Crippen LogP contribution in [0.3, 0.4) is 0 Å². The lowest BCUT2D eigenvalue weighted by atomic mass is 10.2. The van der Waals surface area contributed by atoms with Crippen molar-refractivity contribution in [1.82, 2.24) is 14.5 Å². The van der Waals surface area contributed by atoms with Crippen LogP contribution in [-0.2, 0) is 17.8 Å². The average molecular weight is 353 g/mol. The molecule has 0 aliphatic carbocycles. The number of hydrogen-bond acceptors (Lipinski definition) is 4. The Labute approximate surface area is 152 Å². The summed E-state index contributed by atoms with van der Waals surface area (Å²) in [5.74, 6) is 0. The van der Waals surface area contributed by atoms with Crippen molar-refractivity contribution in [3.63, 3.8) is 0 Å². The Morgan fingerprint density at radius 2 is 2.24 bits per heavy atom. The van der Waals surface area contributed by atoms with Crippen molar-refractivity contribution in [2.45, 2.75) is 32.0 Å². The van der Waals surface area contributed by atoms with Gasteiger partial charge in [-0.2, -0.15) is 11.3 Å². The van der Waals surface area contributed by atoms with Gasteiger partial charge in [0.1, 0.15) is 0 Å². The molecular weight excluding hydrogens is 330 g/mol. The second kappa shape index (κ2) is 7.95.